The van der Waals surface area contributed by atoms with Gasteiger partial charge in [0.1, 0.15) is 6.33 Å². The first kappa shape index (κ1) is 13.7. The fourth-order valence-electron chi connectivity index (χ4n) is 2.89. The van der Waals surface area contributed by atoms with Gasteiger partial charge in [-0.3, -0.25) is 4.79 Å². The summed E-state index contributed by atoms with van der Waals surface area (Å²) in [5.41, 5.74) is 1.19. The van der Waals surface area contributed by atoms with Crippen LogP contribution in [0.15, 0.2) is 49.1 Å². The Bertz CT molecular complexity index is 618. The third kappa shape index (κ3) is 2.52. The van der Waals surface area contributed by atoms with E-state index < -0.39 is 0 Å². The molecule has 1 aromatic heterocycles. The Morgan fingerprint density at radius 1 is 1.24 bits per heavy atom. The Hall–Kier alpha value is -2.27. The molecule has 0 radical (unpaired) electrons. The van der Waals surface area contributed by atoms with Crippen molar-refractivity contribution in [1.29, 1.82) is 0 Å². The molecule has 5 nitrogen and oxygen atoms in total. The molecular formula is C16H17N3O2. The van der Waals surface area contributed by atoms with Crippen LogP contribution in [-0.4, -0.2) is 45.6 Å². The van der Waals surface area contributed by atoms with Gasteiger partial charge in [0.25, 0.3) is 5.91 Å². The third-order valence-corrected chi connectivity index (χ3v) is 4.14. The van der Waals surface area contributed by atoms with Crippen LogP contribution in [0.1, 0.15) is 22.3 Å². The number of hydrogen-bond donors (Lipinski definition) is 1. The minimum absolute atomic E-state index is 0.0338. The van der Waals surface area contributed by atoms with Gasteiger partial charge in [-0.1, -0.05) is 30.3 Å². The van der Waals surface area contributed by atoms with E-state index in [1.807, 2.05) is 30.3 Å². The minimum Gasteiger partial charge on any atom is -0.395 e. The van der Waals surface area contributed by atoms with Crippen LogP contribution in [0.2, 0.25) is 0 Å². The molecular weight excluding hydrogens is 266 g/mol. The Morgan fingerprint density at radius 2 is 1.95 bits per heavy atom. The van der Waals surface area contributed by atoms with Gasteiger partial charge in [0.15, 0.2) is 0 Å². The lowest BCUT2D eigenvalue weighted by atomic mass is 9.80. The second-order valence-corrected chi connectivity index (χ2v) is 5.41. The highest BCUT2D eigenvalue weighted by molar-refractivity contribution is 5.93. The predicted octanol–water partition coefficient (Wildman–Crippen LogP) is 1.25. The quantitative estimate of drug-likeness (QED) is 0.920. The van der Waals surface area contributed by atoms with Crippen LogP contribution < -0.4 is 0 Å². The molecule has 1 unspecified atom stereocenters. The molecule has 0 bridgehead atoms. The molecule has 1 aliphatic heterocycles. The maximum absolute atomic E-state index is 12.4. The summed E-state index contributed by atoms with van der Waals surface area (Å²) in [7, 11) is 0. The molecule has 1 saturated heterocycles. The molecule has 3 rings (SSSR count). The van der Waals surface area contributed by atoms with Gasteiger partial charge in [0.05, 0.1) is 12.2 Å². The maximum atomic E-state index is 12.4. The number of aliphatic hydroxyl groups is 1. The van der Waals surface area contributed by atoms with Gasteiger partial charge in [-0.2, -0.15) is 0 Å². The molecule has 0 spiro atoms. The van der Waals surface area contributed by atoms with Gasteiger partial charge in [-0.15, -0.1) is 0 Å². The van der Waals surface area contributed by atoms with E-state index in [0.29, 0.717) is 18.7 Å². The van der Waals surface area contributed by atoms with E-state index in [0.717, 1.165) is 12.0 Å². The van der Waals surface area contributed by atoms with Crippen LogP contribution in [-0.2, 0) is 5.41 Å². The van der Waals surface area contributed by atoms with Gasteiger partial charge >= 0.3 is 0 Å². The average molecular weight is 283 g/mol. The fourth-order valence-corrected chi connectivity index (χ4v) is 2.89. The molecule has 0 aliphatic carbocycles. The summed E-state index contributed by atoms with van der Waals surface area (Å²) in [4.78, 5) is 22.0. The Labute approximate surface area is 123 Å². The second kappa shape index (κ2) is 5.61. The number of benzene rings is 1. The number of likely N-dealkylation sites (tertiary alicyclic amines) is 1. The molecule has 1 atom stereocenters. The molecule has 2 aromatic rings. The summed E-state index contributed by atoms with van der Waals surface area (Å²) < 4.78 is 0. The second-order valence-electron chi connectivity index (χ2n) is 5.41. The lowest BCUT2D eigenvalue weighted by Gasteiger charge is -2.27. The number of aliphatic hydroxyl groups excluding tert-OH is 1. The van der Waals surface area contributed by atoms with Crippen molar-refractivity contribution >= 4 is 5.91 Å². The maximum Gasteiger partial charge on any atom is 0.257 e. The number of amides is 1. The molecule has 108 valence electrons. The van der Waals surface area contributed by atoms with E-state index in [4.69, 9.17) is 0 Å². The highest BCUT2D eigenvalue weighted by atomic mass is 16.3. The predicted molar refractivity (Wildman–Crippen MR) is 77.8 cm³/mol. The van der Waals surface area contributed by atoms with Crippen molar-refractivity contribution < 1.29 is 9.90 Å². The van der Waals surface area contributed by atoms with Gasteiger partial charge in [-0.05, 0) is 12.0 Å². The largest absolute Gasteiger partial charge is 0.395 e. The van der Waals surface area contributed by atoms with Crippen molar-refractivity contribution in [2.75, 3.05) is 19.7 Å². The molecule has 2 heterocycles. The van der Waals surface area contributed by atoms with Crippen LogP contribution in [0.5, 0.6) is 0 Å². The summed E-state index contributed by atoms with van der Waals surface area (Å²) in [5.74, 6) is -0.0816. The van der Waals surface area contributed by atoms with Crippen molar-refractivity contribution in [3.63, 3.8) is 0 Å². The first-order valence-electron chi connectivity index (χ1n) is 6.96. The van der Waals surface area contributed by atoms with E-state index in [9.17, 15) is 9.90 Å². The minimum atomic E-state index is -0.368. The van der Waals surface area contributed by atoms with Crippen LogP contribution in [0, 0.1) is 0 Å². The van der Waals surface area contributed by atoms with Crippen LogP contribution in [0.3, 0.4) is 0 Å². The zero-order valence-corrected chi connectivity index (χ0v) is 11.6. The lowest BCUT2D eigenvalue weighted by Crippen LogP contribution is -2.37. The first-order chi connectivity index (χ1) is 10.2. The average Bonchev–Trinajstić information content (AvgIpc) is 3.02. The smallest absolute Gasteiger partial charge is 0.257 e. The molecule has 1 aromatic carbocycles. The number of carbonyl (C=O) groups excluding carboxylic acids is 1. The van der Waals surface area contributed by atoms with Crippen molar-refractivity contribution in [3.8, 4) is 0 Å². The number of carbonyl (C=O) groups is 1. The van der Waals surface area contributed by atoms with Gasteiger partial charge in [0, 0.05) is 30.9 Å². The Balaban J connectivity index is 1.82. The van der Waals surface area contributed by atoms with E-state index in [2.05, 4.69) is 9.97 Å². The number of nitrogens with zero attached hydrogens (tertiary/aromatic N) is 3. The van der Waals surface area contributed by atoms with Gasteiger partial charge < -0.3 is 10.0 Å². The number of rotatable bonds is 3. The Morgan fingerprint density at radius 3 is 2.62 bits per heavy atom. The highest BCUT2D eigenvalue weighted by Crippen LogP contribution is 2.34. The van der Waals surface area contributed by atoms with Crippen LogP contribution in [0.4, 0.5) is 0 Å². The topological polar surface area (TPSA) is 66.3 Å². The number of hydrogen-bond acceptors (Lipinski definition) is 4. The Kier molecular flexibility index (Phi) is 3.66. The van der Waals surface area contributed by atoms with Gasteiger partial charge in [0.2, 0.25) is 0 Å². The first-order valence-corrected chi connectivity index (χ1v) is 6.96. The van der Waals surface area contributed by atoms with Crippen molar-refractivity contribution in [3.05, 3.63) is 60.2 Å². The third-order valence-electron chi connectivity index (χ3n) is 4.14. The van der Waals surface area contributed by atoms with E-state index in [1.165, 1.54) is 18.7 Å². The summed E-state index contributed by atoms with van der Waals surface area (Å²) in [6.45, 7) is 1.18. The standard InChI is InChI=1S/C16H17N3O2/c20-11-16(14-4-2-1-3-5-14)6-7-19(10-16)15(21)13-8-17-12-18-9-13/h1-5,8-9,12,20H,6-7,10-11H2. The van der Waals surface area contributed by atoms with Crippen molar-refractivity contribution in [2.24, 2.45) is 0 Å². The molecule has 1 fully saturated rings. The van der Waals surface area contributed by atoms with Crippen LogP contribution in [0.25, 0.3) is 0 Å². The van der Waals surface area contributed by atoms with Crippen molar-refractivity contribution in [2.45, 2.75) is 11.8 Å². The van der Waals surface area contributed by atoms with E-state index in [-0.39, 0.29) is 17.9 Å². The summed E-state index contributed by atoms with van der Waals surface area (Å²) >= 11 is 0. The van der Waals surface area contributed by atoms with Crippen molar-refractivity contribution in [1.82, 2.24) is 14.9 Å². The molecule has 1 amide bonds. The SMILES string of the molecule is O=C(c1cncnc1)N1CCC(CO)(c2ccccc2)C1. The number of aromatic nitrogens is 2. The fraction of sp³-hybridized carbons (Fsp3) is 0.312. The lowest BCUT2D eigenvalue weighted by molar-refractivity contribution is 0.0773. The van der Waals surface area contributed by atoms with E-state index >= 15 is 0 Å². The normalized spacial score (nSPS) is 21.5. The highest BCUT2D eigenvalue weighted by Gasteiger charge is 2.41. The van der Waals surface area contributed by atoms with E-state index in [1.54, 1.807) is 4.90 Å². The zero-order valence-electron chi connectivity index (χ0n) is 11.6. The van der Waals surface area contributed by atoms with Crippen LogP contribution >= 0.6 is 0 Å². The molecule has 0 saturated carbocycles. The molecule has 21 heavy (non-hydrogen) atoms. The molecule has 5 heteroatoms. The molecule has 1 aliphatic rings. The monoisotopic (exact) mass is 283 g/mol. The molecule has 1 N–H and O–H groups in total. The summed E-state index contributed by atoms with van der Waals surface area (Å²) in [6.07, 6.45) is 5.21. The zero-order chi connectivity index (χ0) is 14.7. The summed E-state index contributed by atoms with van der Waals surface area (Å²) in [6, 6.07) is 9.89. The summed E-state index contributed by atoms with van der Waals surface area (Å²) in [5, 5.41) is 9.88. The van der Waals surface area contributed by atoms with Gasteiger partial charge in [-0.25, -0.2) is 9.97 Å².